The molecule has 3 N–H and O–H groups in total. The monoisotopic (exact) mass is 474 g/mol. The number of rotatable bonds is 13. The highest BCUT2D eigenvalue weighted by Gasteiger charge is 2.17. The largest absolute Gasteiger partial charge is 0.494 e. The Kier molecular flexibility index (Phi) is 10.3. The van der Waals surface area contributed by atoms with Crippen LogP contribution < -0.4 is 15.5 Å². The van der Waals surface area contributed by atoms with E-state index < -0.39 is 0 Å². The zero-order chi connectivity index (χ0) is 24.9. The van der Waals surface area contributed by atoms with Crippen LogP contribution in [0.25, 0.3) is 0 Å². The van der Waals surface area contributed by atoms with Gasteiger partial charge in [0.25, 0.3) is 5.91 Å². The van der Waals surface area contributed by atoms with Crippen LogP contribution >= 0.6 is 0 Å². The van der Waals surface area contributed by atoms with Crippen LogP contribution in [0.3, 0.4) is 0 Å². The maximum Gasteiger partial charge on any atom is 0.251 e. The van der Waals surface area contributed by atoms with Crippen LogP contribution in [-0.4, -0.2) is 30.2 Å². The predicted octanol–water partition coefficient (Wildman–Crippen LogP) is 5.45. The van der Waals surface area contributed by atoms with Crippen LogP contribution in [0.5, 0.6) is 5.75 Å². The number of hydrogen-bond acceptors (Lipinski definition) is 4. The van der Waals surface area contributed by atoms with Gasteiger partial charge in [-0.15, -0.1) is 0 Å². The van der Waals surface area contributed by atoms with E-state index in [-0.39, 0.29) is 17.7 Å². The Morgan fingerprint density at radius 1 is 0.800 bits per heavy atom. The molecule has 0 aliphatic heterocycles. The van der Waals surface area contributed by atoms with Crippen molar-refractivity contribution in [2.45, 2.75) is 44.9 Å². The Morgan fingerprint density at radius 3 is 2.03 bits per heavy atom. The van der Waals surface area contributed by atoms with Crippen molar-refractivity contribution < 1.29 is 19.5 Å². The number of ether oxygens (including phenoxy) is 1. The number of hydrogen-bond donors (Lipinski definition) is 3. The van der Waals surface area contributed by atoms with Crippen molar-refractivity contribution in [2.24, 2.45) is 0 Å². The number of carbonyl (C=O) groups is 2. The van der Waals surface area contributed by atoms with E-state index in [0.717, 1.165) is 42.6 Å². The molecule has 3 aromatic rings. The Labute approximate surface area is 207 Å². The summed E-state index contributed by atoms with van der Waals surface area (Å²) >= 11 is 0. The molecule has 2 amide bonds. The van der Waals surface area contributed by atoms with Crippen LogP contribution in [0.15, 0.2) is 78.9 Å². The second kappa shape index (κ2) is 13.9. The lowest BCUT2D eigenvalue weighted by Gasteiger charge is -2.19. The van der Waals surface area contributed by atoms with Crippen molar-refractivity contribution in [3.05, 3.63) is 101 Å². The van der Waals surface area contributed by atoms with Gasteiger partial charge in [0.2, 0.25) is 5.91 Å². The van der Waals surface area contributed by atoms with Gasteiger partial charge in [-0.3, -0.25) is 14.8 Å². The Morgan fingerprint density at radius 2 is 1.40 bits per heavy atom. The van der Waals surface area contributed by atoms with E-state index in [1.165, 1.54) is 5.56 Å². The van der Waals surface area contributed by atoms with Crippen LogP contribution in [0.2, 0.25) is 0 Å². The first-order valence-electron chi connectivity index (χ1n) is 12.2. The molecule has 0 aliphatic carbocycles. The van der Waals surface area contributed by atoms with E-state index in [9.17, 15) is 9.59 Å². The first-order valence-corrected chi connectivity index (χ1v) is 12.2. The van der Waals surface area contributed by atoms with Gasteiger partial charge < -0.3 is 10.1 Å². The van der Waals surface area contributed by atoms with Gasteiger partial charge in [-0.1, -0.05) is 67.4 Å². The van der Waals surface area contributed by atoms with Crippen molar-refractivity contribution in [2.75, 3.05) is 13.2 Å². The third kappa shape index (κ3) is 7.97. The SMILES string of the molecule is CCOc1ccc(C(c2ccccc2)c2ccc(C(=O)NCCCCCCC(=O)NO)cc2)cc1. The van der Waals surface area contributed by atoms with Crippen molar-refractivity contribution in [1.82, 2.24) is 10.8 Å². The van der Waals surface area contributed by atoms with Gasteiger partial charge in [-0.25, -0.2) is 5.48 Å². The molecular weight excluding hydrogens is 440 g/mol. The zero-order valence-electron chi connectivity index (χ0n) is 20.2. The lowest BCUT2D eigenvalue weighted by Crippen LogP contribution is -2.24. The number of unbranched alkanes of at least 4 members (excludes halogenated alkanes) is 3. The summed E-state index contributed by atoms with van der Waals surface area (Å²) in [6, 6.07) is 26.3. The summed E-state index contributed by atoms with van der Waals surface area (Å²) < 4.78 is 5.60. The molecule has 0 saturated heterocycles. The average molecular weight is 475 g/mol. The second-order valence-corrected chi connectivity index (χ2v) is 8.42. The second-order valence-electron chi connectivity index (χ2n) is 8.42. The highest BCUT2D eigenvalue weighted by Crippen LogP contribution is 2.33. The molecule has 6 nitrogen and oxygen atoms in total. The standard InChI is InChI=1S/C29H34N2O4/c1-2-35-26-19-17-24(18-20-26)28(22-10-6-5-7-11-22)23-13-15-25(16-14-23)29(33)30-21-9-4-3-8-12-27(32)31-34/h5-7,10-11,13-20,28,34H,2-4,8-9,12,21H2,1H3,(H,30,33)(H,31,32). The van der Waals surface area contributed by atoms with Crippen molar-refractivity contribution in [3.63, 3.8) is 0 Å². The molecule has 0 bridgehead atoms. The molecule has 0 fully saturated rings. The first-order chi connectivity index (χ1) is 17.1. The molecule has 1 atom stereocenters. The molecule has 3 rings (SSSR count). The highest BCUT2D eigenvalue weighted by atomic mass is 16.5. The molecule has 0 aliphatic rings. The van der Waals surface area contributed by atoms with Gasteiger partial charge in [-0.2, -0.15) is 0 Å². The molecule has 35 heavy (non-hydrogen) atoms. The molecule has 0 radical (unpaired) electrons. The summed E-state index contributed by atoms with van der Waals surface area (Å²) in [5.41, 5.74) is 5.73. The molecule has 0 heterocycles. The first kappa shape index (κ1) is 26.0. The summed E-state index contributed by atoms with van der Waals surface area (Å²) in [4.78, 5) is 23.6. The summed E-state index contributed by atoms with van der Waals surface area (Å²) in [5, 5.41) is 11.5. The molecular formula is C29H34N2O4. The van der Waals surface area contributed by atoms with Crippen molar-refractivity contribution in [3.8, 4) is 5.75 Å². The third-order valence-electron chi connectivity index (χ3n) is 5.90. The predicted molar refractivity (Wildman–Crippen MR) is 137 cm³/mol. The Hall–Kier alpha value is -3.64. The lowest BCUT2D eigenvalue weighted by molar-refractivity contribution is -0.129. The molecule has 6 heteroatoms. The molecule has 3 aromatic carbocycles. The van der Waals surface area contributed by atoms with E-state index in [2.05, 4.69) is 29.6 Å². The average Bonchev–Trinajstić information content (AvgIpc) is 2.90. The number of nitrogens with one attached hydrogen (secondary N) is 2. The van der Waals surface area contributed by atoms with Gasteiger partial charge in [-0.05, 0) is 60.7 Å². The maximum absolute atomic E-state index is 12.6. The summed E-state index contributed by atoms with van der Waals surface area (Å²) in [7, 11) is 0. The van der Waals surface area contributed by atoms with E-state index in [0.29, 0.717) is 25.1 Å². The van der Waals surface area contributed by atoms with E-state index >= 15 is 0 Å². The van der Waals surface area contributed by atoms with E-state index in [1.807, 2.05) is 61.5 Å². The fraction of sp³-hybridized carbons (Fsp3) is 0.310. The van der Waals surface area contributed by atoms with Crippen LogP contribution in [0.1, 0.15) is 72.0 Å². The van der Waals surface area contributed by atoms with Gasteiger partial charge in [0.1, 0.15) is 5.75 Å². The van der Waals surface area contributed by atoms with Crippen LogP contribution in [0.4, 0.5) is 0 Å². The topological polar surface area (TPSA) is 87.7 Å². The minimum atomic E-state index is -0.362. The molecule has 184 valence electrons. The van der Waals surface area contributed by atoms with Crippen LogP contribution in [0, 0.1) is 0 Å². The lowest BCUT2D eigenvalue weighted by atomic mass is 9.85. The number of benzene rings is 3. The zero-order valence-corrected chi connectivity index (χ0v) is 20.2. The summed E-state index contributed by atoms with van der Waals surface area (Å²) in [6.45, 7) is 3.19. The Bertz CT molecular complexity index is 1050. The fourth-order valence-corrected chi connectivity index (χ4v) is 4.10. The molecule has 0 aromatic heterocycles. The molecule has 0 spiro atoms. The van der Waals surface area contributed by atoms with Crippen molar-refractivity contribution >= 4 is 11.8 Å². The van der Waals surface area contributed by atoms with Crippen molar-refractivity contribution in [1.29, 1.82) is 0 Å². The van der Waals surface area contributed by atoms with E-state index in [4.69, 9.17) is 9.94 Å². The summed E-state index contributed by atoms with van der Waals surface area (Å²) in [6.07, 6.45) is 3.68. The van der Waals surface area contributed by atoms with Gasteiger partial charge in [0, 0.05) is 24.4 Å². The van der Waals surface area contributed by atoms with Gasteiger partial charge in [0.15, 0.2) is 0 Å². The third-order valence-corrected chi connectivity index (χ3v) is 5.90. The smallest absolute Gasteiger partial charge is 0.251 e. The molecule has 0 saturated carbocycles. The van der Waals surface area contributed by atoms with Crippen LogP contribution in [-0.2, 0) is 4.79 Å². The van der Waals surface area contributed by atoms with Gasteiger partial charge >= 0.3 is 0 Å². The normalized spacial score (nSPS) is 11.5. The fourth-order valence-electron chi connectivity index (χ4n) is 4.10. The minimum absolute atomic E-state index is 0.0527. The summed E-state index contributed by atoms with van der Waals surface area (Å²) in [5.74, 6) is 0.454. The van der Waals surface area contributed by atoms with E-state index in [1.54, 1.807) is 5.48 Å². The maximum atomic E-state index is 12.6. The number of hydroxylamine groups is 1. The quantitative estimate of drug-likeness (QED) is 0.133. The van der Waals surface area contributed by atoms with Gasteiger partial charge in [0.05, 0.1) is 6.61 Å². The number of carbonyl (C=O) groups excluding carboxylic acids is 2. The number of amides is 2. The molecule has 1 unspecified atom stereocenters. The highest BCUT2D eigenvalue weighted by molar-refractivity contribution is 5.94. The minimum Gasteiger partial charge on any atom is -0.494 e. The Balaban J connectivity index is 1.61.